The van der Waals surface area contributed by atoms with Crippen LogP contribution in [0.1, 0.15) is 25.0 Å². The third-order valence-corrected chi connectivity index (χ3v) is 4.33. The number of benzene rings is 3. The third kappa shape index (κ3) is 7.19. The van der Waals surface area contributed by atoms with Gasteiger partial charge in [0.25, 0.3) is 5.91 Å². The molecule has 3 aromatic carbocycles. The van der Waals surface area contributed by atoms with Crippen molar-refractivity contribution in [3.8, 4) is 17.2 Å². The minimum absolute atomic E-state index is 0.341. The van der Waals surface area contributed by atoms with Crippen molar-refractivity contribution in [2.24, 2.45) is 5.10 Å². The number of carbonyl (C=O) groups excluding carboxylic acids is 1. The number of nitrogens with zero attached hydrogens (tertiary/aromatic N) is 1. The SMILES string of the molecule is CCOc1ccc(/C=N/NC(=O)C(C)Oc2ccc(OCc3ccccc3)cc2)cc1. The second-order valence-corrected chi connectivity index (χ2v) is 6.74. The Balaban J connectivity index is 1.44. The summed E-state index contributed by atoms with van der Waals surface area (Å²) in [5, 5.41) is 3.98. The smallest absolute Gasteiger partial charge is 0.280 e. The zero-order chi connectivity index (χ0) is 21.9. The number of carbonyl (C=O) groups is 1. The number of rotatable bonds is 10. The summed E-state index contributed by atoms with van der Waals surface area (Å²) in [5.74, 6) is 1.76. The van der Waals surface area contributed by atoms with Crippen LogP contribution in [0, 0.1) is 0 Å². The van der Waals surface area contributed by atoms with Crippen molar-refractivity contribution in [2.75, 3.05) is 6.61 Å². The van der Waals surface area contributed by atoms with Crippen LogP contribution in [-0.4, -0.2) is 24.8 Å². The van der Waals surface area contributed by atoms with Gasteiger partial charge in [0, 0.05) is 0 Å². The average Bonchev–Trinajstić information content (AvgIpc) is 2.80. The number of amides is 1. The predicted octanol–water partition coefficient (Wildman–Crippen LogP) is 4.58. The van der Waals surface area contributed by atoms with E-state index in [9.17, 15) is 4.79 Å². The van der Waals surface area contributed by atoms with Crippen LogP contribution in [0.25, 0.3) is 0 Å². The Morgan fingerprint density at radius 2 is 1.52 bits per heavy atom. The molecule has 6 nitrogen and oxygen atoms in total. The highest BCUT2D eigenvalue weighted by molar-refractivity contribution is 5.84. The van der Waals surface area contributed by atoms with Crippen LogP contribution >= 0.6 is 0 Å². The molecule has 1 N–H and O–H groups in total. The largest absolute Gasteiger partial charge is 0.494 e. The van der Waals surface area contributed by atoms with Crippen LogP contribution in [0.5, 0.6) is 17.2 Å². The number of hydrazone groups is 1. The van der Waals surface area contributed by atoms with Gasteiger partial charge >= 0.3 is 0 Å². The maximum absolute atomic E-state index is 12.2. The average molecular weight is 418 g/mol. The highest BCUT2D eigenvalue weighted by Crippen LogP contribution is 2.19. The molecule has 31 heavy (non-hydrogen) atoms. The minimum atomic E-state index is -0.700. The maximum atomic E-state index is 12.2. The van der Waals surface area contributed by atoms with E-state index in [2.05, 4.69) is 10.5 Å². The van der Waals surface area contributed by atoms with Crippen molar-refractivity contribution in [3.63, 3.8) is 0 Å². The van der Waals surface area contributed by atoms with Crippen molar-refractivity contribution < 1.29 is 19.0 Å². The summed E-state index contributed by atoms with van der Waals surface area (Å²) in [4.78, 5) is 12.2. The molecule has 0 aliphatic rings. The van der Waals surface area contributed by atoms with Gasteiger partial charge in [0.2, 0.25) is 0 Å². The number of hydrogen-bond acceptors (Lipinski definition) is 5. The first-order valence-corrected chi connectivity index (χ1v) is 10.1. The molecule has 0 aliphatic carbocycles. The summed E-state index contributed by atoms with van der Waals surface area (Å²) in [7, 11) is 0. The Bertz CT molecular complexity index is 971. The fraction of sp³-hybridized carbons (Fsp3) is 0.200. The molecule has 1 atom stereocenters. The molecule has 1 amide bonds. The van der Waals surface area contributed by atoms with E-state index in [1.807, 2.05) is 73.7 Å². The molecule has 3 aromatic rings. The van der Waals surface area contributed by atoms with Gasteiger partial charge < -0.3 is 14.2 Å². The normalized spacial score (nSPS) is 11.7. The summed E-state index contributed by atoms with van der Waals surface area (Å²) in [6, 6.07) is 24.5. The van der Waals surface area contributed by atoms with E-state index in [4.69, 9.17) is 14.2 Å². The Morgan fingerprint density at radius 3 is 2.19 bits per heavy atom. The second-order valence-electron chi connectivity index (χ2n) is 6.74. The molecule has 0 radical (unpaired) electrons. The molecule has 1 unspecified atom stereocenters. The summed E-state index contributed by atoms with van der Waals surface area (Å²) in [5.41, 5.74) is 4.44. The predicted molar refractivity (Wildman–Crippen MR) is 121 cm³/mol. The van der Waals surface area contributed by atoms with Crippen molar-refractivity contribution in [1.29, 1.82) is 0 Å². The van der Waals surface area contributed by atoms with Gasteiger partial charge in [-0.05, 0) is 73.5 Å². The van der Waals surface area contributed by atoms with Gasteiger partial charge in [-0.15, -0.1) is 0 Å². The lowest BCUT2D eigenvalue weighted by Crippen LogP contribution is -2.33. The third-order valence-electron chi connectivity index (χ3n) is 4.33. The second kappa shape index (κ2) is 11.4. The van der Waals surface area contributed by atoms with Gasteiger partial charge in [0.15, 0.2) is 6.10 Å². The lowest BCUT2D eigenvalue weighted by Gasteiger charge is -2.13. The lowest BCUT2D eigenvalue weighted by molar-refractivity contribution is -0.127. The molecule has 3 rings (SSSR count). The molecule has 0 heterocycles. The molecule has 0 saturated carbocycles. The van der Waals surface area contributed by atoms with Crippen LogP contribution in [0.4, 0.5) is 0 Å². The van der Waals surface area contributed by atoms with E-state index in [0.717, 1.165) is 22.6 Å². The molecule has 0 bridgehead atoms. The van der Waals surface area contributed by atoms with Crippen molar-refractivity contribution in [3.05, 3.63) is 90.0 Å². The van der Waals surface area contributed by atoms with Gasteiger partial charge in [0.05, 0.1) is 12.8 Å². The highest BCUT2D eigenvalue weighted by Gasteiger charge is 2.14. The monoisotopic (exact) mass is 418 g/mol. The molecule has 0 aliphatic heterocycles. The molecular formula is C25H26N2O4. The first-order chi connectivity index (χ1) is 15.1. The van der Waals surface area contributed by atoms with Crippen LogP contribution < -0.4 is 19.6 Å². The first kappa shape index (κ1) is 21.9. The van der Waals surface area contributed by atoms with Gasteiger partial charge in [-0.2, -0.15) is 5.10 Å². The molecule has 0 spiro atoms. The Kier molecular flexibility index (Phi) is 8.05. The maximum Gasteiger partial charge on any atom is 0.280 e. The fourth-order valence-corrected chi connectivity index (χ4v) is 2.69. The van der Waals surface area contributed by atoms with E-state index >= 15 is 0 Å². The van der Waals surface area contributed by atoms with Gasteiger partial charge in [-0.3, -0.25) is 4.79 Å². The standard InChI is InChI=1S/C25H26N2O4/c1-3-29-22-11-9-20(10-12-22)17-26-27-25(28)19(2)31-24-15-13-23(14-16-24)30-18-21-7-5-4-6-8-21/h4-17,19H,3,18H2,1-2H3,(H,27,28)/b26-17+. The molecular weight excluding hydrogens is 392 g/mol. The van der Waals surface area contributed by atoms with Crippen LogP contribution in [0.15, 0.2) is 84.0 Å². The first-order valence-electron chi connectivity index (χ1n) is 10.1. The lowest BCUT2D eigenvalue weighted by atomic mass is 10.2. The van der Waals surface area contributed by atoms with E-state index in [-0.39, 0.29) is 5.91 Å². The van der Waals surface area contributed by atoms with Crippen molar-refractivity contribution in [2.45, 2.75) is 26.6 Å². The summed E-state index contributed by atoms with van der Waals surface area (Å²) in [6.07, 6.45) is 0.868. The van der Waals surface area contributed by atoms with E-state index in [1.54, 1.807) is 25.3 Å². The van der Waals surface area contributed by atoms with E-state index in [0.29, 0.717) is 19.0 Å². The van der Waals surface area contributed by atoms with Gasteiger partial charge in [-0.25, -0.2) is 5.43 Å². The van der Waals surface area contributed by atoms with Gasteiger partial charge in [0.1, 0.15) is 23.9 Å². The van der Waals surface area contributed by atoms with Crippen molar-refractivity contribution >= 4 is 12.1 Å². The number of nitrogens with one attached hydrogen (secondary N) is 1. The van der Waals surface area contributed by atoms with Crippen LogP contribution in [0.2, 0.25) is 0 Å². The fourth-order valence-electron chi connectivity index (χ4n) is 2.69. The Labute approximate surface area is 182 Å². The molecule has 6 heteroatoms. The number of ether oxygens (including phenoxy) is 3. The van der Waals surface area contributed by atoms with E-state index in [1.165, 1.54) is 0 Å². The zero-order valence-corrected chi connectivity index (χ0v) is 17.7. The van der Waals surface area contributed by atoms with Gasteiger partial charge in [-0.1, -0.05) is 30.3 Å². The molecule has 160 valence electrons. The summed E-state index contributed by atoms with van der Waals surface area (Å²) in [6.45, 7) is 4.71. The van der Waals surface area contributed by atoms with Crippen molar-refractivity contribution in [1.82, 2.24) is 5.43 Å². The quantitative estimate of drug-likeness (QED) is 0.386. The van der Waals surface area contributed by atoms with Crippen LogP contribution in [-0.2, 0) is 11.4 Å². The molecule has 0 fully saturated rings. The number of hydrogen-bond donors (Lipinski definition) is 1. The summed E-state index contributed by atoms with van der Waals surface area (Å²) >= 11 is 0. The van der Waals surface area contributed by atoms with Crippen LogP contribution in [0.3, 0.4) is 0 Å². The Morgan fingerprint density at radius 1 is 0.903 bits per heavy atom. The minimum Gasteiger partial charge on any atom is -0.494 e. The topological polar surface area (TPSA) is 69.2 Å². The highest BCUT2D eigenvalue weighted by atomic mass is 16.5. The summed E-state index contributed by atoms with van der Waals surface area (Å²) < 4.78 is 16.8. The Hall–Kier alpha value is -3.80. The molecule has 0 aromatic heterocycles. The van der Waals surface area contributed by atoms with E-state index < -0.39 is 6.10 Å². The molecule has 0 saturated heterocycles. The zero-order valence-electron chi connectivity index (χ0n) is 17.7.